The fourth-order valence-electron chi connectivity index (χ4n) is 1.80. The van der Waals surface area contributed by atoms with Crippen LogP contribution >= 0.6 is 0 Å². The summed E-state index contributed by atoms with van der Waals surface area (Å²) in [5.41, 5.74) is 0. The van der Waals surface area contributed by atoms with Crippen LogP contribution in [0.2, 0.25) is 0 Å². The quantitative estimate of drug-likeness (QED) is 0.615. The van der Waals surface area contributed by atoms with Gasteiger partial charge in [-0.05, 0) is 25.0 Å². The van der Waals surface area contributed by atoms with E-state index in [2.05, 4.69) is 16.0 Å². The molecular weight excluding hydrogens is 302 g/mol. The van der Waals surface area contributed by atoms with Crippen LogP contribution in [0.5, 0.6) is 0 Å². The van der Waals surface area contributed by atoms with E-state index < -0.39 is 12.1 Å². The summed E-state index contributed by atoms with van der Waals surface area (Å²) in [5.74, 6) is -0.577. The number of alkyl carbamates (subject to hydrolysis) is 1. The molecule has 3 amide bonds. The zero-order chi connectivity index (χ0) is 17.2. The Morgan fingerprint density at radius 1 is 1.22 bits per heavy atom. The molecule has 0 aliphatic heterocycles. The maximum Gasteiger partial charge on any atom is 0.407 e. The van der Waals surface area contributed by atoms with Gasteiger partial charge >= 0.3 is 6.09 Å². The minimum atomic E-state index is -0.699. The van der Waals surface area contributed by atoms with Crippen LogP contribution in [-0.4, -0.2) is 43.6 Å². The highest BCUT2D eigenvalue weighted by molar-refractivity contribution is 5.91. The predicted octanol–water partition coefficient (Wildman–Crippen LogP) is 0.896. The van der Waals surface area contributed by atoms with Crippen molar-refractivity contribution < 1.29 is 23.5 Å². The van der Waals surface area contributed by atoms with Gasteiger partial charge in [-0.1, -0.05) is 13.8 Å². The van der Waals surface area contributed by atoms with Crippen molar-refractivity contribution in [2.75, 3.05) is 19.7 Å². The lowest BCUT2D eigenvalue weighted by atomic mass is 10.0. The van der Waals surface area contributed by atoms with Gasteiger partial charge in [-0.25, -0.2) is 4.79 Å². The summed E-state index contributed by atoms with van der Waals surface area (Å²) in [5, 5.41) is 7.78. The van der Waals surface area contributed by atoms with Crippen LogP contribution in [-0.2, 0) is 9.53 Å². The lowest BCUT2D eigenvalue weighted by molar-refractivity contribution is -0.124. The molecular formula is C15H23N3O5. The molecule has 0 saturated carbocycles. The Hall–Kier alpha value is -2.51. The minimum Gasteiger partial charge on any atom is -0.459 e. The first-order valence-electron chi connectivity index (χ1n) is 7.48. The monoisotopic (exact) mass is 325 g/mol. The molecule has 0 spiro atoms. The molecule has 1 aromatic rings. The maximum atomic E-state index is 12.1. The summed E-state index contributed by atoms with van der Waals surface area (Å²) in [4.78, 5) is 35.1. The van der Waals surface area contributed by atoms with Crippen molar-refractivity contribution in [3.8, 4) is 0 Å². The molecule has 23 heavy (non-hydrogen) atoms. The molecule has 0 aliphatic rings. The fraction of sp³-hybridized carbons (Fsp3) is 0.533. The molecule has 0 radical (unpaired) electrons. The van der Waals surface area contributed by atoms with Crippen LogP contribution in [0.1, 0.15) is 31.3 Å². The number of furan rings is 1. The number of ether oxygens (including phenoxy) is 1. The van der Waals surface area contributed by atoms with E-state index in [0.29, 0.717) is 0 Å². The average Bonchev–Trinajstić information content (AvgIpc) is 3.03. The molecule has 1 aromatic heterocycles. The van der Waals surface area contributed by atoms with Crippen molar-refractivity contribution in [2.24, 2.45) is 5.92 Å². The lowest BCUT2D eigenvalue weighted by Crippen LogP contribution is -2.51. The molecule has 1 heterocycles. The summed E-state index contributed by atoms with van der Waals surface area (Å²) in [6.07, 6.45) is 0.776. The van der Waals surface area contributed by atoms with Gasteiger partial charge in [0.2, 0.25) is 5.91 Å². The van der Waals surface area contributed by atoms with Gasteiger partial charge in [0.1, 0.15) is 6.04 Å². The number of amides is 3. The Bertz CT molecular complexity index is 513. The molecule has 0 aliphatic carbocycles. The minimum absolute atomic E-state index is 0.0999. The Balaban J connectivity index is 2.35. The van der Waals surface area contributed by atoms with Gasteiger partial charge in [0.15, 0.2) is 5.76 Å². The molecule has 128 valence electrons. The van der Waals surface area contributed by atoms with Crippen molar-refractivity contribution in [3.05, 3.63) is 24.2 Å². The zero-order valence-electron chi connectivity index (χ0n) is 13.5. The van der Waals surface area contributed by atoms with E-state index in [9.17, 15) is 14.4 Å². The summed E-state index contributed by atoms with van der Waals surface area (Å²) >= 11 is 0. The third kappa shape index (κ3) is 6.41. The van der Waals surface area contributed by atoms with Gasteiger partial charge in [-0.15, -0.1) is 0 Å². The first-order chi connectivity index (χ1) is 11.0. The molecule has 0 unspecified atom stereocenters. The lowest BCUT2D eigenvalue weighted by Gasteiger charge is -2.21. The van der Waals surface area contributed by atoms with Crippen LogP contribution < -0.4 is 16.0 Å². The van der Waals surface area contributed by atoms with Crippen LogP contribution in [0.3, 0.4) is 0 Å². The summed E-state index contributed by atoms with van der Waals surface area (Å²) < 4.78 is 9.72. The van der Waals surface area contributed by atoms with Gasteiger partial charge < -0.3 is 25.1 Å². The molecule has 3 N–H and O–H groups in total. The first-order valence-corrected chi connectivity index (χ1v) is 7.48. The van der Waals surface area contributed by atoms with Crippen molar-refractivity contribution in [1.29, 1.82) is 0 Å². The standard InChI is InChI=1S/C15H23N3O5/c1-4-22-15(21)18-12(10(2)3)14(20)17-8-7-16-13(19)11-6-5-9-23-11/h5-6,9-10,12H,4,7-8H2,1-3H3,(H,16,19)(H,17,20)(H,18,21)/t12-/m0/s1. The second-order valence-electron chi connectivity index (χ2n) is 5.11. The zero-order valence-corrected chi connectivity index (χ0v) is 13.5. The van der Waals surface area contributed by atoms with E-state index in [1.807, 2.05) is 13.8 Å². The van der Waals surface area contributed by atoms with Gasteiger partial charge in [0.05, 0.1) is 12.9 Å². The Labute approximate surface area is 134 Å². The summed E-state index contributed by atoms with van der Waals surface area (Å²) in [6.45, 7) is 6.03. The number of rotatable bonds is 8. The van der Waals surface area contributed by atoms with Crippen molar-refractivity contribution in [1.82, 2.24) is 16.0 Å². The van der Waals surface area contributed by atoms with E-state index in [-0.39, 0.29) is 43.2 Å². The number of nitrogens with one attached hydrogen (secondary N) is 3. The molecule has 1 atom stereocenters. The predicted molar refractivity (Wildman–Crippen MR) is 82.8 cm³/mol. The average molecular weight is 325 g/mol. The highest BCUT2D eigenvalue weighted by Crippen LogP contribution is 2.02. The summed E-state index contributed by atoms with van der Waals surface area (Å²) in [7, 11) is 0. The number of hydrogen-bond donors (Lipinski definition) is 3. The second kappa shape index (κ2) is 9.50. The highest BCUT2D eigenvalue weighted by atomic mass is 16.5. The normalized spacial score (nSPS) is 11.7. The van der Waals surface area contributed by atoms with Crippen molar-refractivity contribution >= 4 is 17.9 Å². The molecule has 8 heteroatoms. The van der Waals surface area contributed by atoms with Crippen LogP contribution in [0.15, 0.2) is 22.8 Å². The third-order valence-corrected chi connectivity index (χ3v) is 2.95. The first kappa shape index (κ1) is 18.5. The molecule has 0 bridgehead atoms. The number of hydrogen-bond acceptors (Lipinski definition) is 5. The van der Waals surface area contributed by atoms with E-state index in [4.69, 9.17) is 9.15 Å². The van der Waals surface area contributed by atoms with Gasteiger partial charge in [0, 0.05) is 13.1 Å². The van der Waals surface area contributed by atoms with E-state index in [1.165, 1.54) is 6.26 Å². The highest BCUT2D eigenvalue weighted by Gasteiger charge is 2.24. The van der Waals surface area contributed by atoms with Gasteiger partial charge in [0.25, 0.3) is 5.91 Å². The van der Waals surface area contributed by atoms with Crippen LogP contribution in [0.4, 0.5) is 4.79 Å². The fourth-order valence-corrected chi connectivity index (χ4v) is 1.80. The van der Waals surface area contributed by atoms with Crippen LogP contribution in [0, 0.1) is 5.92 Å². The second-order valence-corrected chi connectivity index (χ2v) is 5.11. The molecule has 1 rings (SSSR count). The number of carbonyl (C=O) groups excluding carboxylic acids is 3. The van der Waals surface area contributed by atoms with Gasteiger partial charge in [-0.3, -0.25) is 9.59 Å². The Morgan fingerprint density at radius 2 is 1.91 bits per heavy atom. The SMILES string of the molecule is CCOC(=O)N[C@H](C(=O)NCCNC(=O)c1ccco1)C(C)C. The summed E-state index contributed by atoms with van der Waals surface area (Å²) in [6, 6.07) is 2.46. The van der Waals surface area contributed by atoms with Crippen molar-refractivity contribution in [3.63, 3.8) is 0 Å². The van der Waals surface area contributed by atoms with Crippen molar-refractivity contribution in [2.45, 2.75) is 26.8 Å². The molecule has 0 fully saturated rings. The largest absolute Gasteiger partial charge is 0.459 e. The maximum absolute atomic E-state index is 12.1. The molecule has 8 nitrogen and oxygen atoms in total. The molecule has 0 aromatic carbocycles. The Kier molecular flexibility index (Phi) is 7.65. The van der Waals surface area contributed by atoms with E-state index >= 15 is 0 Å². The van der Waals surface area contributed by atoms with Gasteiger partial charge in [-0.2, -0.15) is 0 Å². The van der Waals surface area contributed by atoms with E-state index in [0.717, 1.165) is 0 Å². The topological polar surface area (TPSA) is 110 Å². The smallest absolute Gasteiger partial charge is 0.407 e. The Morgan fingerprint density at radius 3 is 2.48 bits per heavy atom. The molecule has 0 saturated heterocycles. The third-order valence-electron chi connectivity index (χ3n) is 2.95. The number of carbonyl (C=O) groups is 3. The van der Waals surface area contributed by atoms with E-state index in [1.54, 1.807) is 19.1 Å². The van der Waals surface area contributed by atoms with Crippen LogP contribution in [0.25, 0.3) is 0 Å².